The van der Waals surface area contributed by atoms with Crippen LogP contribution in [0.25, 0.3) is 0 Å². The van der Waals surface area contributed by atoms with Gasteiger partial charge in [0.15, 0.2) is 0 Å². The summed E-state index contributed by atoms with van der Waals surface area (Å²) in [6.07, 6.45) is 3.67. The molecule has 0 fully saturated rings. The molecule has 1 heterocycles. The lowest BCUT2D eigenvalue weighted by atomic mass is 9.84. The molecular formula is C17H22N4. The molecule has 0 spiro atoms. The summed E-state index contributed by atoms with van der Waals surface area (Å²) in [7, 11) is 2.15. The zero-order valence-electron chi connectivity index (χ0n) is 12.5. The Morgan fingerprint density at radius 3 is 2.71 bits per heavy atom. The minimum atomic E-state index is 0.477. The first-order valence-corrected chi connectivity index (χ1v) is 7.54. The van der Waals surface area contributed by atoms with E-state index in [4.69, 9.17) is 5.73 Å². The molecule has 3 rings (SSSR count). The molecule has 1 aromatic heterocycles. The summed E-state index contributed by atoms with van der Waals surface area (Å²) in [5.41, 5.74) is 9.59. The van der Waals surface area contributed by atoms with Crippen LogP contribution in [0.3, 0.4) is 0 Å². The van der Waals surface area contributed by atoms with E-state index in [1.54, 1.807) is 0 Å². The maximum atomic E-state index is 5.56. The highest BCUT2D eigenvalue weighted by molar-refractivity contribution is 5.29. The Bertz CT molecular complexity index is 594. The van der Waals surface area contributed by atoms with Crippen molar-refractivity contribution in [3.63, 3.8) is 0 Å². The van der Waals surface area contributed by atoms with Gasteiger partial charge in [-0.05, 0) is 55.5 Å². The van der Waals surface area contributed by atoms with Crippen LogP contribution in [0.5, 0.6) is 0 Å². The van der Waals surface area contributed by atoms with Crippen molar-refractivity contribution in [1.82, 2.24) is 15.1 Å². The molecule has 1 aliphatic rings. The molecule has 4 heteroatoms. The van der Waals surface area contributed by atoms with Crippen LogP contribution in [0.4, 0.5) is 5.82 Å². The number of aromatic nitrogens is 2. The lowest BCUT2D eigenvalue weighted by Crippen LogP contribution is -2.29. The van der Waals surface area contributed by atoms with Crippen LogP contribution >= 0.6 is 0 Å². The van der Waals surface area contributed by atoms with Crippen LogP contribution in [-0.2, 0) is 19.4 Å². The van der Waals surface area contributed by atoms with E-state index in [0.717, 1.165) is 24.7 Å². The summed E-state index contributed by atoms with van der Waals surface area (Å²) < 4.78 is 0. The van der Waals surface area contributed by atoms with Crippen molar-refractivity contribution in [1.29, 1.82) is 0 Å². The van der Waals surface area contributed by atoms with Crippen molar-refractivity contribution in [3.8, 4) is 0 Å². The highest BCUT2D eigenvalue weighted by Gasteiger charge is 2.19. The predicted octanol–water partition coefficient (Wildman–Crippen LogP) is 2.30. The second-order valence-corrected chi connectivity index (χ2v) is 6.02. The molecule has 1 aliphatic carbocycles. The van der Waals surface area contributed by atoms with Crippen LogP contribution in [0.2, 0.25) is 0 Å². The summed E-state index contributed by atoms with van der Waals surface area (Å²) in [5.74, 6) is 1.21. The molecule has 2 aromatic rings. The van der Waals surface area contributed by atoms with Gasteiger partial charge in [-0.15, -0.1) is 5.10 Å². The summed E-state index contributed by atoms with van der Waals surface area (Å²) in [4.78, 5) is 2.33. The van der Waals surface area contributed by atoms with Crippen LogP contribution in [0.1, 0.15) is 23.2 Å². The zero-order chi connectivity index (χ0) is 14.7. The normalized spacial score (nSPS) is 17.7. The van der Waals surface area contributed by atoms with Gasteiger partial charge in [0.2, 0.25) is 0 Å². The van der Waals surface area contributed by atoms with E-state index in [1.165, 1.54) is 30.4 Å². The lowest BCUT2D eigenvalue weighted by Gasteiger charge is -2.28. The fourth-order valence-corrected chi connectivity index (χ4v) is 3.17. The first-order valence-electron chi connectivity index (χ1n) is 7.54. The topological polar surface area (TPSA) is 55.0 Å². The number of hydrogen-bond donors (Lipinski definition) is 1. The van der Waals surface area contributed by atoms with Crippen molar-refractivity contribution < 1.29 is 0 Å². The number of rotatable bonds is 4. The molecule has 110 valence electrons. The molecular weight excluding hydrogens is 260 g/mol. The monoisotopic (exact) mass is 282 g/mol. The number of fused-ring (bicyclic) bond motifs is 1. The molecule has 0 saturated heterocycles. The van der Waals surface area contributed by atoms with E-state index in [2.05, 4.69) is 46.4 Å². The number of anilines is 1. The van der Waals surface area contributed by atoms with Crippen molar-refractivity contribution in [2.75, 3.05) is 19.3 Å². The molecule has 1 atom stereocenters. The van der Waals surface area contributed by atoms with Crippen molar-refractivity contribution >= 4 is 5.82 Å². The maximum absolute atomic E-state index is 5.56. The minimum Gasteiger partial charge on any atom is -0.382 e. The summed E-state index contributed by atoms with van der Waals surface area (Å²) in [6, 6.07) is 12.6. The number of aryl methyl sites for hydroxylation is 1. The lowest BCUT2D eigenvalue weighted by molar-refractivity contribution is 0.251. The quantitative estimate of drug-likeness (QED) is 0.935. The molecule has 1 aromatic carbocycles. The Morgan fingerprint density at radius 2 is 1.95 bits per heavy atom. The Balaban J connectivity index is 1.56. The Kier molecular flexibility index (Phi) is 4.15. The number of hydrogen-bond acceptors (Lipinski definition) is 4. The van der Waals surface area contributed by atoms with Crippen LogP contribution in [0, 0.1) is 5.92 Å². The number of nitrogens with zero attached hydrogens (tertiary/aromatic N) is 3. The predicted molar refractivity (Wildman–Crippen MR) is 84.7 cm³/mol. The molecule has 0 amide bonds. The van der Waals surface area contributed by atoms with Crippen molar-refractivity contribution in [2.24, 2.45) is 5.92 Å². The third kappa shape index (κ3) is 3.58. The number of nitrogens with two attached hydrogens (primary N) is 1. The van der Waals surface area contributed by atoms with Gasteiger partial charge in [-0.25, -0.2) is 0 Å². The molecule has 0 radical (unpaired) electrons. The van der Waals surface area contributed by atoms with E-state index in [1.807, 2.05) is 12.1 Å². The molecule has 21 heavy (non-hydrogen) atoms. The first kappa shape index (κ1) is 14.0. The van der Waals surface area contributed by atoms with Crippen molar-refractivity contribution in [2.45, 2.75) is 25.8 Å². The Hall–Kier alpha value is -1.94. The van der Waals surface area contributed by atoms with Gasteiger partial charge in [-0.3, -0.25) is 0 Å². The van der Waals surface area contributed by atoms with Crippen LogP contribution in [0.15, 0.2) is 36.4 Å². The fourth-order valence-electron chi connectivity index (χ4n) is 3.17. The first-order chi connectivity index (χ1) is 10.2. The average Bonchev–Trinajstić information content (AvgIpc) is 2.49. The van der Waals surface area contributed by atoms with Gasteiger partial charge >= 0.3 is 0 Å². The smallest absolute Gasteiger partial charge is 0.146 e. The van der Waals surface area contributed by atoms with E-state index in [9.17, 15) is 0 Å². The summed E-state index contributed by atoms with van der Waals surface area (Å²) >= 11 is 0. The van der Waals surface area contributed by atoms with Gasteiger partial charge in [0.25, 0.3) is 0 Å². The summed E-state index contributed by atoms with van der Waals surface area (Å²) in [5, 5.41) is 8.04. The second-order valence-electron chi connectivity index (χ2n) is 6.02. The molecule has 2 N–H and O–H groups in total. The number of nitrogen functional groups attached to an aromatic ring is 1. The van der Waals surface area contributed by atoms with Gasteiger partial charge in [0, 0.05) is 13.1 Å². The molecule has 4 nitrogen and oxygen atoms in total. The van der Waals surface area contributed by atoms with Gasteiger partial charge in [-0.2, -0.15) is 5.10 Å². The van der Waals surface area contributed by atoms with E-state index in [0.29, 0.717) is 5.82 Å². The molecule has 0 bridgehead atoms. The van der Waals surface area contributed by atoms with E-state index >= 15 is 0 Å². The zero-order valence-corrected chi connectivity index (χ0v) is 12.5. The SMILES string of the molecule is CN(Cc1ccc(N)nn1)CC1CCc2ccccc2C1. The molecule has 0 aliphatic heterocycles. The average molecular weight is 282 g/mol. The highest BCUT2D eigenvalue weighted by atomic mass is 15.2. The van der Waals surface area contributed by atoms with E-state index in [-0.39, 0.29) is 0 Å². The Morgan fingerprint density at radius 1 is 1.14 bits per heavy atom. The van der Waals surface area contributed by atoms with Gasteiger partial charge < -0.3 is 10.6 Å². The van der Waals surface area contributed by atoms with Gasteiger partial charge in [-0.1, -0.05) is 24.3 Å². The summed E-state index contributed by atoms with van der Waals surface area (Å²) in [6.45, 7) is 1.92. The minimum absolute atomic E-state index is 0.477. The standard InChI is InChI=1S/C17H22N4/c1-21(12-16-8-9-17(18)20-19-16)11-13-6-7-14-4-2-3-5-15(14)10-13/h2-5,8-9,13H,6-7,10-12H2,1H3,(H2,18,20). The largest absolute Gasteiger partial charge is 0.382 e. The third-order valence-electron chi connectivity index (χ3n) is 4.19. The van der Waals surface area contributed by atoms with Crippen LogP contribution < -0.4 is 5.73 Å². The van der Waals surface area contributed by atoms with E-state index < -0.39 is 0 Å². The third-order valence-corrected chi connectivity index (χ3v) is 4.19. The fraction of sp³-hybridized carbons (Fsp3) is 0.412. The van der Waals surface area contributed by atoms with Crippen LogP contribution in [-0.4, -0.2) is 28.7 Å². The second kappa shape index (κ2) is 6.22. The molecule has 0 saturated carbocycles. The Labute approximate surface area is 126 Å². The number of benzene rings is 1. The maximum Gasteiger partial charge on any atom is 0.146 e. The molecule has 1 unspecified atom stereocenters. The van der Waals surface area contributed by atoms with Gasteiger partial charge in [0.1, 0.15) is 5.82 Å². The van der Waals surface area contributed by atoms with Gasteiger partial charge in [0.05, 0.1) is 5.69 Å². The van der Waals surface area contributed by atoms with Crippen molar-refractivity contribution in [3.05, 3.63) is 53.2 Å². The highest BCUT2D eigenvalue weighted by Crippen LogP contribution is 2.25.